The Hall–Kier alpha value is -2.60. The highest BCUT2D eigenvalue weighted by Gasteiger charge is 2.49. The number of ether oxygens (including phenoxy) is 2. The molecule has 0 aromatic heterocycles. The van der Waals surface area contributed by atoms with Crippen molar-refractivity contribution in [1.29, 1.82) is 0 Å². The molecule has 2 N–H and O–H groups in total. The van der Waals surface area contributed by atoms with Gasteiger partial charge in [-0.15, -0.1) is 23.6 Å². The van der Waals surface area contributed by atoms with Gasteiger partial charge in [0, 0.05) is 43.3 Å². The fourth-order valence-electron chi connectivity index (χ4n) is 5.02. The van der Waals surface area contributed by atoms with E-state index in [0.29, 0.717) is 29.9 Å². The van der Waals surface area contributed by atoms with Crippen molar-refractivity contribution in [2.45, 2.75) is 96.7 Å². The van der Waals surface area contributed by atoms with Crippen LogP contribution in [0.15, 0.2) is 41.3 Å². The van der Waals surface area contributed by atoms with Gasteiger partial charge in [0.15, 0.2) is 5.78 Å². The number of hydrogen-bond donors (Lipinski definition) is 2. The summed E-state index contributed by atoms with van der Waals surface area (Å²) in [5.74, 6) is 4.72. The molecule has 0 heterocycles. The molecule has 3 atom stereocenters. The lowest BCUT2D eigenvalue weighted by Crippen LogP contribution is -2.43. The van der Waals surface area contributed by atoms with Gasteiger partial charge < -0.3 is 19.7 Å². The van der Waals surface area contributed by atoms with Gasteiger partial charge in [-0.1, -0.05) is 56.5 Å². The highest BCUT2D eigenvalue weighted by Crippen LogP contribution is 2.42. The van der Waals surface area contributed by atoms with Gasteiger partial charge in [0.05, 0.1) is 30.8 Å². The van der Waals surface area contributed by atoms with Gasteiger partial charge in [-0.3, -0.25) is 14.4 Å². The second kappa shape index (κ2) is 18.8. The second-order valence-electron chi connectivity index (χ2n) is 10.7. The minimum absolute atomic E-state index is 0.109. The fourth-order valence-corrected chi connectivity index (χ4v) is 6.13. The minimum Gasteiger partial charge on any atom is -0.465 e. The number of Topliss-reactive ketones (excluding diaryl/α,β-unsaturated/α-hetero) is 1. The third-order valence-corrected chi connectivity index (χ3v) is 8.20. The van der Waals surface area contributed by atoms with E-state index in [-0.39, 0.29) is 31.3 Å². The Morgan fingerprint density at radius 2 is 1.68 bits per heavy atom. The Morgan fingerprint density at radius 3 is 2.32 bits per heavy atom. The summed E-state index contributed by atoms with van der Waals surface area (Å²) in [4.78, 5) is 36.6. The number of carbonyl (C=O) groups excluding carboxylic acids is 3. The Bertz CT molecular complexity index is 1040. The van der Waals surface area contributed by atoms with Crippen molar-refractivity contribution in [3.63, 3.8) is 0 Å². The molecule has 3 unspecified atom stereocenters. The fraction of sp³-hybridized carbons (Fsp3) is 0.606. The Labute approximate surface area is 249 Å². The van der Waals surface area contributed by atoms with Crippen molar-refractivity contribution in [2.24, 2.45) is 11.8 Å². The molecule has 0 aliphatic heterocycles. The van der Waals surface area contributed by atoms with Crippen molar-refractivity contribution in [2.75, 3.05) is 19.0 Å². The van der Waals surface area contributed by atoms with Gasteiger partial charge in [-0.05, 0) is 43.7 Å². The molecule has 1 aliphatic rings. The van der Waals surface area contributed by atoms with E-state index in [9.17, 15) is 24.6 Å². The van der Waals surface area contributed by atoms with Crippen LogP contribution in [0.3, 0.4) is 0 Å². The number of aliphatic hydroxyl groups is 2. The number of carbonyl (C=O) groups is 3. The average molecular weight is 587 g/mol. The van der Waals surface area contributed by atoms with E-state index in [2.05, 4.69) is 24.0 Å². The molecule has 0 saturated heterocycles. The number of rotatable bonds is 18. The number of unbranched alkanes of at least 4 members (excludes halogenated alkanes) is 3. The molecule has 7 nitrogen and oxygen atoms in total. The molecule has 8 heteroatoms. The molecule has 1 aromatic carbocycles. The van der Waals surface area contributed by atoms with Gasteiger partial charge in [0.25, 0.3) is 0 Å². The van der Waals surface area contributed by atoms with Crippen molar-refractivity contribution < 1.29 is 34.1 Å². The molecule has 226 valence electrons. The first kappa shape index (κ1) is 34.6. The zero-order valence-electron chi connectivity index (χ0n) is 24.7. The average Bonchev–Trinajstić information content (AvgIpc) is 3.18. The van der Waals surface area contributed by atoms with Crippen LogP contribution in [0.25, 0.3) is 0 Å². The molecule has 0 saturated carbocycles. The number of hydrogen-bond acceptors (Lipinski definition) is 8. The molecule has 41 heavy (non-hydrogen) atoms. The predicted molar refractivity (Wildman–Crippen MR) is 162 cm³/mol. The van der Waals surface area contributed by atoms with E-state index >= 15 is 0 Å². The Morgan fingerprint density at radius 1 is 1.00 bits per heavy atom. The number of benzene rings is 1. The summed E-state index contributed by atoms with van der Waals surface area (Å²) in [6, 6.07) is 10.0. The van der Waals surface area contributed by atoms with Gasteiger partial charge in [0.2, 0.25) is 0 Å². The minimum atomic E-state index is -1.41. The van der Waals surface area contributed by atoms with E-state index in [1.807, 2.05) is 25.1 Å². The van der Waals surface area contributed by atoms with Crippen LogP contribution in [0.4, 0.5) is 0 Å². The second-order valence-corrected chi connectivity index (χ2v) is 11.8. The first-order valence-corrected chi connectivity index (χ1v) is 15.7. The van der Waals surface area contributed by atoms with Crippen LogP contribution in [0.1, 0.15) is 84.1 Å². The quantitative estimate of drug-likeness (QED) is 0.133. The maximum absolute atomic E-state index is 13.5. The van der Waals surface area contributed by atoms with Crippen molar-refractivity contribution in [3.8, 4) is 11.8 Å². The van der Waals surface area contributed by atoms with Crippen LogP contribution in [0.5, 0.6) is 0 Å². The smallest absolute Gasteiger partial charge is 0.302 e. The Balaban J connectivity index is 2.02. The van der Waals surface area contributed by atoms with Gasteiger partial charge in [0.1, 0.15) is 0 Å². The summed E-state index contributed by atoms with van der Waals surface area (Å²) < 4.78 is 10.2. The lowest BCUT2D eigenvalue weighted by atomic mass is 9.80. The Kier molecular flexibility index (Phi) is 15.8. The molecule has 1 aromatic rings. The van der Waals surface area contributed by atoms with Crippen molar-refractivity contribution in [1.82, 2.24) is 0 Å². The first-order chi connectivity index (χ1) is 19.7. The van der Waals surface area contributed by atoms with Gasteiger partial charge >= 0.3 is 11.9 Å². The van der Waals surface area contributed by atoms with Crippen molar-refractivity contribution >= 4 is 29.5 Å². The number of thioether (sulfide) groups is 1. The lowest BCUT2D eigenvalue weighted by molar-refractivity contribution is -0.146. The van der Waals surface area contributed by atoms with Crippen LogP contribution >= 0.6 is 11.8 Å². The highest BCUT2D eigenvalue weighted by molar-refractivity contribution is 8.04. The van der Waals surface area contributed by atoms with E-state index in [0.717, 1.165) is 38.5 Å². The molecule has 0 spiro atoms. The van der Waals surface area contributed by atoms with Crippen LogP contribution in [0, 0.1) is 23.7 Å². The van der Waals surface area contributed by atoms with E-state index < -0.39 is 29.6 Å². The zero-order valence-corrected chi connectivity index (χ0v) is 25.5. The van der Waals surface area contributed by atoms with Gasteiger partial charge in [-0.25, -0.2) is 0 Å². The molecule has 0 radical (unpaired) electrons. The largest absolute Gasteiger partial charge is 0.465 e. The summed E-state index contributed by atoms with van der Waals surface area (Å²) in [6.45, 7) is 4.88. The number of aliphatic hydroxyl groups excluding tert-OH is 1. The predicted octanol–water partition coefficient (Wildman–Crippen LogP) is 5.41. The maximum Gasteiger partial charge on any atom is 0.302 e. The third-order valence-electron chi connectivity index (χ3n) is 7.16. The molecule has 0 fully saturated rings. The zero-order chi connectivity index (χ0) is 30.1. The van der Waals surface area contributed by atoms with Gasteiger partial charge in [-0.2, -0.15) is 0 Å². The summed E-state index contributed by atoms with van der Waals surface area (Å²) in [6.07, 6.45) is 7.37. The third kappa shape index (κ3) is 12.8. The normalized spacial score (nSPS) is 18.9. The van der Waals surface area contributed by atoms with E-state index in [1.54, 1.807) is 6.08 Å². The summed E-state index contributed by atoms with van der Waals surface area (Å²) in [7, 11) is 0. The maximum atomic E-state index is 13.5. The summed E-state index contributed by atoms with van der Waals surface area (Å²) in [5.41, 5.74) is -0.226. The standard InChI is InChI=1S/C33H46O7S/c1-4-5-6-7-8-9-13-20-33(38)22-30(41-21-19-27-15-11-10-12-16-27)32(37)31(33)29(36)18-14-17-28(23-39-25(2)34)24-40-26(3)35/h10-12,15-16,22,28-29,31,36,38H,4,7-9,13-14,17-21,23-24H2,1-3H3. The topological polar surface area (TPSA) is 110 Å². The number of allylic oxidation sites excluding steroid dienone is 1. The van der Waals surface area contributed by atoms with Crippen LogP contribution in [-0.4, -0.2) is 58.6 Å². The van der Waals surface area contributed by atoms with E-state index in [1.165, 1.54) is 31.2 Å². The molecular formula is C33H46O7S. The van der Waals surface area contributed by atoms with Crippen LogP contribution < -0.4 is 0 Å². The van der Waals surface area contributed by atoms with Crippen LogP contribution in [-0.2, 0) is 30.3 Å². The summed E-state index contributed by atoms with van der Waals surface area (Å²) in [5, 5.41) is 22.9. The van der Waals surface area contributed by atoms with Crippen molar-refractivity contribution in [3.05, 3.63) is 46.9 Å². The SMILES string of the molecule is CCC#CCCCCCC1(O)C=C(SCCc2ccccc2)C(=O)C1C(O)CCCC(COC(C)=O)COC(C)=O. The first-order valence-electron chi connectivity index (χ1n) is 14.7. The molecule has 1 aliphatic carbocycles. The number of esters is 2. The van der Waals surface area contributed by atoms with Crippen LogP contribution in [0.2, 0.25) is 0 Å². The molecule has 0 bridgehead atoms. The van der Waals surface area contributed by atoms with E-state index in [4.69, 9.17) is 9.47 Å². The number of aryl methyl sites for hydroxylation is 1. The monoisotopic (exact) mass is 586 g/mol. The molecule has 2 rings (SSSR count). The molecular weight excluding hydrogens is 540 g/mol. The lowest BCUT2D eigenvalue weighted by Gasteiger charge is -2.32. The highest BCUT2D eigenvalue weighted by atomic mass is 32.2. The molecule has 0 amide bonds. The summed E-state index contributed by atoms with van der Waals surface area (Å²) >= 11 is 1.44. The number of ketones is 1.